The molecule has 5 aromatic rings. The van der Waals surface area contributed by atoms with Crippen molar-refractivity contribution < 1.29 is 36.2 Å². The first-order valence-corrected chi connectivity index (χ1v) is 16.1. The van der Waals surface area contributed by atoms with Crippen LogP contribution >= 0.6 is 0 Å². The Morgan fingerprint density at radius 3 is 2.46 bits per heavy atom. The van der Waals surface area contributed by atoms with Gasteiger partial charge < -0.3 is 19.1 Å². The van der Waals surface area contributed by atoms with Crippen molar-refractivity contribution >= 4 is 38.5 Å². The third-order valence-electron chi connectivity index (χ3n) is 7.09. The number of aryl methyl sites for hydroxylation is 1. The van der Waals surface area contributed by atoms with E-state index in [0.29, 0.717) is 65.1 Å². The fourth-order valence-corrected chi connectivity index (χ4v) is 5.81. The summed E-state index contributed by atoms with van der Waals surface area (Å²) in [6.45, 7) is 4.62. The number of ether oxygens (including phenoxy) is 3. The lowest BCUT2D eigenvalue weighted by Gasteiger charge is -2.18. The number of hydrogen-bond donors (Lipinski definition) is 1. The van der Waals surface area contributed by atoms with E-state index in [-0.39, 0.29) is 23.7 Å². The molecular formula is C32H31F2N7O6S. The Hall–Kier alpha value is -5.51. The van der Waals surface area contributed by atoms with E-state index in [1.807, 2.05) is 24.9 Å². The van der Waals surface area contributed by atoms with Crippen LogP contribution in [0.2, 0.25) is 0 Å². The molecule has 0 aliphatic rings. The maximum atomic E-state index is 14.4. The topological polar surface area (TPSA) is 159 Å². The molecule has 250 valence electrons. The summed E-state index contributed by atoms with van der Waals surface area (Å²) in [6, 6.07) is 7.22. The summed E-state index contributed by atoms with van der Waals surface area (Å²) in [7, 11) is -1.36. The van der Waals surface area contributed by atoms with Crippen LogP contribution in [0, 0.1) is 18.6 Å². The normalized spacial score (nSPS) is 11.3. The standard InChI is InChI=1S/C32H31F2N7O6S/c1-5-46-31(42)22-16-36-32(37-17-22)41(3)9-6-10-47-27-13-20(11-24-19(2)38-18-39-29(24)27)21-12-26(30(45-4)35-15-21)40-48(43,44)28-8-7-23(33)14-25(28)34/h7-8,11-18,40H,5-6,9-10H2,1-4H3. The van der Waals surface area contributed by atoms with Crippen LogP contribution in [0.1, 0.15) is 29.4 Å². The quantitative estimate of drug-likeness (QED) is 0.132. The molecule has 0 bridgehead atoms. The minimum Gasteiger partial charge on any atom is -0.491 e. The molecule has 3 heterocycles. The Morgan fingerprint density at radius 1 is 0.979 bits per heavy atom. The molecule has 1 N–H and O–H groups in total. The van der Waals surface area contributed by atoms with Crippen molar-refractivity contribution in [3.63, 3.8) is 0 Å². The number of nitrogens with one attached hydrogen (secondary N) is 1. The number of esters is 1. The molecule has 0 spiro atoms. The molecule has 3 aromatic heterocycles. The van der Waals surface area contributed by atoms with Crippen LogP contribution in [0.25, 0.3) is 22.0 Å². The highest BCUT2D eigenvalue weighted by atomic mass is 32.2. The number of carbonyl (C=O) groups excluding carboxylic acids is 1. The number of carbonyl (C=O) groups is 1. The highest BCUT2D eigenvalue weighted by Gasteiger charge is 2.23. The van der Waals surface area contributed by atoms with E-state index < -0.39 is 32.5 Å². The molecule has 0 aliphatic heterocycles. The maximum absolute atomic E-state index is 14.4. The van der Waals surface area contributed by atoms with Gasteiger partial charge in [-0.2, -0.15) is 0 Å². The number of sulfonamides is 1. The second-order valence-electron chi connectivity index (χ2n) is 10.4. The Kier molecular flexibility index (Phi) is 10.2. The molecule has 0 aliphatic carbocycles. The third kappa shape index (κ3) is 7.54. The van der Waals surface area contributed by atoms with E-state index in [1.54, 1.807) is 13.0 Å². The van der Waals surface area contributed by atoms with Gasteiger partial charge in [0.2, 0.25) is 11.8 Å². The average molecular weight is 680 g/mol. The lowest BCUT2D eigenvalue weighted by atomic mass is 10.0. The zero-order chi connectivity index (χ0) is 34.4. The first-order chi connectivity index (χ1) is 23.0. The van der Waals surface area contributed by atoms with Crippen LogP contribution in [-0.2, 0) is 14.8 Å². The SMILES string of the molecule is CCOC(=O)c1cnc(N(C)CCCOc2cc(-c3cnc(OC)c(NS(=O)(=O)c4ccc(F)cc4F)c3)cc3c(C)ncnc23)nc1. The molecule has 0 saturated carbocycles. The summed E-state index contributed by atoms with van der Waals surface area (Å²) < 4.78 is 72.6. The lowest BCUT2D eigenvalue weighted by molar-refractivity contribution is 0.0525. The number of pyridine rings is 1. The van der Waals surface area contributed by atoms with Crippen molar-refractivity contribution in [3.8, 4) is 22.8 Å². The molecule has 5 rings (SSSR count). The van der Waals surface area contributed by atoms with Crippen molar-refractivity contribution in [3.05, 3.63) is 84.2 Å². The van der Waals surface area contributed by atoms with Crippen LogP contribution in [0.15, 0.2) is 66.2 Å². The monoisotopic (exact) mass is 679 g/mol. The fourth-order valence-electron chi connectivity index (χ4n) is 4.70. The molecule has 0 fully saturated rings. The van der Waals surface area contributed by atoms with Gasteiger partial charge in [-0.1, -0.05) is 0 Å². The van der Waals surface area contributed by atoms with Crippen LogP contribution in [0.3, 0.4) is 0 Å². The predicted octanol–water partition coefficient (Wildman–Crippen LogP) is 4.96. The van der Waals surface area contributed by atoms with Crippen molar-refractivity contribution in [1.82, 2.24) is 24.9 Å². The minimum absolute atomic E-state index is 0.0646. The first-order valence-electron chi connectivity index (χ1n) is 14.6. The molecule has 13 nitrogen and oxygen atoms in total. The molecule has 16 heteroatoms. The number of fused-ring (bicyclic) bond motifs is 1. The molecule has 0 amide bonds. The maximum Gasteiger partial charge on any atom is 0.341 e. The summed E-state index contributed by atoms with van der Waals surface area (Å²) >= 11 is 0. The summed E-state index contributed by atoms with van der Waals surface area (Å²) in [5, 5.41) is 0.698. The Labute approximate surface area is 275 Å². The van der Waals surface area contributed by atoms with E-state index in [0.717, 1.165) is 12.1 Å². The summed E-state index contributed by atoms with van der Waals surface area (Å²) in [4.78, 5) is 34.4. The third-order valence-corrected chi connectivity index (χ3v) is 8.49. The van der Waals surface area contributed by atoms with Crippen LogP contribution < -0.4 is 19.1 Å². The van der Waals surface area contributed by atoms with Gasteiger partial charge >= 0.3 is 5.97 Å². The molecular weight excluding hydrogens is 648 g/mol. The highest BCUT2D eigenvalue weighted by molar-refractivity contribution is 7.92. The van der Waals surface area contributed by atoms with Gasteiger partial charge in [0.25, 0.3) is 10.0 Å². The van der Waals surface area contributed by atoms with Crippen molar-refractivity contribution in [2.24, 2.45) is 0 Å². The highest BCUT2D eigenvalue weighted by Crippen LogP contribution is 2.35. The fraction of sp³-hybridized carbons (Fsp3) is 0.250. The molecule has 0 radical (unpaired) electrons. The van der Waals surface area contributed by atoms with Crippen LogP contribution in [-0.4, -0.2) is 73.2 Å². The largest absolute Gasteiger partial charge is 0.491 e. The molecule has 48 heavy (non-hydrogen) atoms. The van der Waals surface area contributed by atoms with E-state index in [1.165, 1.54) is 38.1 Å². The minimum atomic E-state index is -4.48. The number of benzene rings is 2. The van der Waals surface area contributed by atoms with E-state index in [9.17, 15) is 22.0 Å². The van der Waals surface area contributed by atoms with Gasteiger partial charge in [-0.25, -0.2) is 46.9 Å². The summed E-state index contributed by atoms with van der Waals surface area (Å²) in [5.41, 5.74) is 2.54. The Balaban J connectivity index is 1.37. The van der Waals surface area contributed by atoms with Gasteiger partial charge in [0.1, 0.15) is 39.8 Å². The van der Waals surface area contributed by atoms with E-state index in [2.05, 4.69) is 29.6 Å². The summed E-state index contributed by atoms with van der Waals surface area (Å²) in [5.74, 6) is -1.83. The van der Waals surface area contributed by atoms with Gasteiger partial charge in [-0.15, -0.1) is 0 Å². The zero-order valence-electron chi connectivity index (χ0n) is 26.4. The summed E-state index contributed by atoms with van der Waals surface area (Å²) in [6.07, 6.45) is 6.33. The number of aromatic nitrogens is 5. The average Bonchev–Trinajstić information content (AvgIpc) is 3.06. The zero-order valence-corrected chi connectivity index (χ0v) is 27.2. The Morgan fingerprint density at radius 2 is 1.75 bits per heavy atom. The number of anilines is 2. The number of rotatable bonds is 13. The number of nitrogens with zero attached hydrogens (tertiary/aromatic N) is 6. The first kappa shape index (κ1) is 33.8. The van der Waals surface area contributed by atoms with Crippen molar-refractivity contribution in [2.45, 2.75) is 25.2 Å². The van der Waals surface area contributed by atoms with E-state index >= 15 is 0 Å². The smallest absolute Gasteiger partial charge is 0.341 e. The van der Waals surface area contributed by atoms with Crippen LogP contribution in [0.4, 0.5) is 20.4 Å². The van der Waals surface area contributed by atoms with E-state index in [4.69, 9.17) is 14.2 Å². The second-order valence-corrected chi connectivity index (χ2v) is 12.1. The molecule has 2 aromatic carbocycles. The van der Waals surface area contributed by atoms with Gasteiger partial charge in [-0.3, -0.25) is 4.72 Å². The molecule has 0 atom stereocenters. The van der Waals surface area contributed by atoms with Crippen molar-refractivity contribution in [2.75, 3.05) is 43.5 Å². The second kappa shape index (κ2) is 14.5. The van der Waals surface area contributed by atoms with Crippen LogP contribution in [0.5, 0.6) is 11.6 Å². The predicted molar refractivity (Wildman–Crippen MR) is 173 cm³/mol. The number of methoxy groups -OCH3 is 1. The van der Waals surface area contributed by atoms with Gasteiger partial charge in [0.05, 0.1) is 25.9 Å². The van der Waals surface area contributed by atoms with Gasteiger partial charge in [0.15, 0.2) is 0 Å². The number of hydrogen-bond acceptors (Lipinski definition) is 12. The lowest BCUT2D eigenvalue weighted by Crippen LogP contribution is -2.23. The Bertz CT molecular complexity index is 2070. The van der Waals surface area contributed by atoms with Gasteiger partial charge in [0, 0.05) is 54.9 Å². The number of halogens is 2. The molecule has 0 saturated heterocycles. The molecule has 0 unspecified atom stereocenters. The van der Waals surface area contributed by atoms with Gasteiger partial charge in [-0.05, 0) is 56.2 Å². The van der Waals surface area contributed by atoms with Crippen molar-refractivity contribution in [1.29, 1.82) is 0 Å².